The monoisotopic (exact) mass is 270 g/mol. The van der Waals surface area contributed by atoms with Gasteiger partial charge in [-0.15, -0.1) is 5.10 Å². The van der Waals surface area contributed by atoms with E-state index in [1.165, 1.54) is 16.2 Å². The highest BCUT2D eigenvalue weighted by atomic mass is 15.4. The molecule has 0 spiro atoms. The number of pyridine rings is 1. The van der Waals surface area contributed by atoms with Crippen LogP contribution in [0.15, 0.2) is 60.9 Å². The average molecular weight is 270 g/mol. The molecule has 3 aromatic heterocycles. The standard InChI is InChI=1S/C17H10N4/c1-4-11-5-2-8-14-15(11)13(7-1)17-16(19-20-21(14)17)12-6-3-9-18-10-12/h1-10H. The van der Waals surface area contributed by atoms with Crippen LogP contribution in [0.1, 0.15) is 0 Å². The van der Waals surface area contributed by atoms with Crippen LogP contribution in [-0.2, 0) is 0 Å². The van der Waals surface area contributed by atoms with Gasteiger partial charge in [0.1, 0.15) is 11.2 Å². The topological polar surface area (TPSA) is 43.1 Å². The van der Waals surface area contributed by atoms with E-state index in [-0.39, 0.29) is 0 Å². The maximum atomic E-state index is 4.37. The summed E-state index contributed by atoms with van der Waals surface area (Å²) in [5, 5.41) is 12.4. The zero-order valence-electron chi connectivity index (χ0n) is 11.1. The van der Waals surface area contributed by atoms with Gasteiger partial charge in [0.05, 0.1) is 5.52 Å². The van der Waals surface area contributed by atoms with Gasteiger partial charge in [0, 0.05) is 28.7 Å². The minimum atomic E-state index is 0.881. The number of aromatic nitrogens is 4. The minimum absolute atomic E-state index is 0.881. The molecule has 5 rings (SSSR count). The minimum Gasteiger partial charge on any atom is -0.264 e. The first-order chi connectivity index (χ1) is 10.4. The first kappa shape index (κ1) is 10.7. The molecule has 0 saturated heterocycles. The van der Waals surface area contributed by atoms with Crippen molar-refractivity contribution in [2.45, 2.75) is 0 Å². The van der Waals surface area contributed by atoms with E-state index < -0.39 is 0 Å². The molecule has 0 bridgehead atoms. The van der Waals surface area contributed by atoms with E-state index in [9.17, 15) is 0 Å². The molecule has 0 unspecified atom stereocenters. The summed E-state index contributed by atoms with van der Waals surface area (Å²) >= 11 is 0. The molecule has 0 aliphatic carbocycles. The number of fused-ring (bicyclic) bond motifs is 3. The Balaban J connectivity index is 2.03. The maximum Gasteiger partial charge on any atom is 0.123 e. The highest BCUT2D eigenvalue weighted by Gasteiger charge is 2.17. The molecule has 0 radical (unpaired) electrons. The molecular weight excluding hydrogens is 260 g/mol. The molecule has 98 valence electrons. The molecular formula is C17H10N4. The summed E-state index contributed by atoms with van der Waals surface area (Å²) in [6, 6.07) is 16.6. The molecule has 4 nitrogen and oxygen atoms in total. The van der Waals surface area contributed by atoms with Gasteiger partial charge in [-0.25, -0.2) is 4.52 Å². The van der Waals surface area contributed by atoms with Gasteiger partial charge in [0.15, 0.2) is 0 Å². The SMILES string of the molecule is c1cncc(-c2nnn3c4cccc5cccc(c54)c23)c1. The Hall–Kier alpha value is -3.01. The fraction of sp³-hybridized carbons (Fsp3) is 0. The summed E-state index contributed by atoms with van der Waals surface area (Å²) in [4.78, 5) is 4.19. The molecule has 2 aromatic carbocycles. The average Bonchev–Trinajstić information content (AvgIpc) is 3.10. The Kier molecular flexibility index (Phi) is 1.92. The molecule has 0 aliphatic heterocycles. The number of rotatable bonds is 1. The van der Waals surface area contributed by atoms with E-state index in [4.69, 9.17) is 0 Å². The quantitative estimate of drug-likeness (QED) is 0.468. The van der Waals surface area contributed by atoms with E-state index in [0.717, 1.165) is 22.3 Å². The maximum absolute atomic E-state index is 4.37. The van der Waals surface area contributed by atoms with Crippen LogP contribution in [0, 0.1) is 0 Å². The van der Waals surface area contributed by atoms with Gasteiger partial charge in [-0.3, -0.25) is 4.98 Å². The molecule has 21 heavy (non-hydrogen) atoms. The zero-order valence-corrected chi connectivity index (χ0v) is 11.1. The second-order valence-corrected chi connectivity index (χ2v) is 5.12. The van der Waals surface area contributed by atoms with Crippen LogP contribution in [-0.4, -0.2) is 19.8 Å². The molecule has 5 aromatic rings. The summed E-state index contributed by atoms with van der Waals surface area (Å²) in [5.41, 5.74) is 4.02. The lowest BCUT2D eigenvalue weighted by atomic mass is 10.1. The number of benzene rings is 2. The number of hydrogen-bond acceptors (Lipinski definition) is 3. The molecule has 4 heteroatoms. The van der Waals surface area contributed by atoms with Crippen molar-refractivity contribution in [3.05, 3.63) is 60.9 Å². The zero-order chi connectivity index (χ0) is 13.8. The van der Waals surface area contributed by atoms with Crippen molar-refractivity contribution in [1.29, 1.82) is 0 Å². The number of nitrogens with zero attached hydrogens (tertiary/aromatic N) is 4. The van der Waals surface area contributed by atoms with Crippen LogP contribution in [0.4, 0.5) is 0 Å². The molecule has 0 N–H and O–H groups in total. The van der Waals surface area contributed by atoms with Crippen LogP contribution in [0.25, 0.3) is 38.4 Å². The molecule has 0 fully saturated rings. The third-order valence-electron chi connectivity index (χ3n) is 3.97. The van der Waals surface area contributed by atoms with Gasteiger partial charge >= 0.3 is 0 Å². The Labute approximate surface area is 120 Å². The Morgan fingerprint density at radius 1 is 0.905 bits per heavy atom. The van der Waals surface area contributed by atoms with Crippen molar-refractivity contribution >= 4 is 27.2 Å². The first-order valence-electron chi connectivity index (χ1n) is 6.82. The molecule has 0 aliphatic rings. The highest BCUT2D eigenvalue weighted by molar-refractivity contribution is 6.18. The van der Waals surface area contributed by atoms with E-state index in [2.05, 4.69) is 51.7 Å². The van der Waals surface area contributed by atoms with Crippen LogP contribution >= 0.6 is 0 Å². The van der Waals surface area contributed by atoms with Crippen molar-refractivity contribution in [2.24, 2.45) is 0 Å². The van der Waals surface area contributed by atoms with E-state index in [1.807, 2.05) is 22.8 Å². The second-order valence-electron chi connectivity index (χ2n) is 5.12. The molecule has 0 saturated carbocycles. The van der Waals surface area contributed by atoms with E-state index in [0.29, 0.717) is 0 Å². The van der Waals surface area contributed by atoms with Crippen molar-refractivity contribution in [2.75, 3.05) is 0 Å². The van der Waals surface area contributed by atoms with Gasteiger partial charge in [0.2, 0.25) is 0 Å². The Morgan fingerprint density at radius 3 is 2.67 bits per heavy atom. The lowest BCUT2D eigenvalue weighted by molar-refractivity contribution is 0.888. The fourth-order valence-electron chi connectivity index (χ4n) is 3.08. The summed E-state index contributed by atoms with van der Waals surface area (Å²) < 4.78 is 1.93. The highest BCUT2D eigenvalue weighted by Crippen LogP contribution is 2.35. The van der Waals surface area contributed by atoms with Crippen LogP contribution in [0.3, 0.4) is 0 Å². The van der Waals surface area contributed by atoms with Gasteiger partial charge in [-0.1, -0.05) is 35.5 Å². The fourth-order valence-corrected chi connectivity index (χ4v) is 3.08. The molecule has 0 atom stereocenters. The second kappa shape index (κ2) is 3.76. The van der Waals surface area contributed by atoms with Gasteiger partial charge in [-0.05, 0) is 23.6 Å². The predicted molar refractivity (Wildman–Crippen MR) is 82.4 cm³/mol. The van der Waals surface area contributed by atoms with Gasteiger partial charge in [-0.2, -0.15) is 0 Å². The molecule has 3 heterocycles. The summed E-state index contributed by atoms with van der Waals surface area (Å²) in [7, 11) is 0. The van der Waals surface area contributed by atoms with Crippen molar-refractivity contribution in [3.8, 4) is 11.3 Å². The normalized spacial score (nSPS) is 11.8. The molecule has 0 amide bonds. The number of hydrogen-bond donors (Lipinski definition) is 0. The van der Waals surface area contributed by atoms with Crippen LogP contribution in [0.2, 0.25) is 0 Å². The van der Waals surface area contributed by atoms with Crippen LogP contribution in [0.5, 0.6) is 0 Å². The van der Waals surface area contributed by atoms with Crippen LogP contribution < -0.4 is 0 Å². The van der Waals surface area contributed by atoms with Gasteiger partial charge < -0.3 is 0 Å². The summed E-state index contributed by atoms with van der Waals surface area (Å²) in [6.07, 6.45) is 3.59. The van der Waals surface area contributed by atoms with E-state index >= 15 is 0 Å². The largest absolute Gasteiger partial charge is 0.264 e. The lowest BCUT2D eigenvalue weighted by Gasteiger charge is -1.97. The van der Waals surface area contributed by atoms with Crippen molar-refractivity contribution < 1.29 is 0 Å². The third kappa shape index (κ3) is 1.31. The van der Waals surface area contributed by atoms with Gasteiger partial charge in [0.25, 0.3) is 0 Å². The third-order valence-corrected chi connectivity index (χ3v) is 3.97. The van der Waals surface area contributed by atoms with E-state index in [1.54, 1.807) is 6.20 Å². The predicted octanol–water partition coefficient (Wildman–Crippen LogP) is 3.54. The summed E-state index contributed by atoms with van der Waals surface area (Å²) in [6.45, 7) is 0. The lowest BCUT2D eigenvalue weighted by Crippen LogP contribution is -1.82. The Morgan fingerprint density at radius 2 is 1.81 bits per heavy atom. The summed E-state index contributed by atoms with van der Waals surface area (Å²) in [5.74, 6) is 0. The Bertz CT molecular complexity index is 1070. The van der Waals surface area contributed by atoms with Crippen molar-refractivity contribution in [3.63, 3.8) is 0 Å². The van der Waals surface area contributed by atoms with Crippen molar-refractivity contribution in [1.82, 2.24) is 19.8 Å². The smallest absolute Gasteiger partial charge is 0.123 e. The first-order valence-corrected chi connectivity index (χ1v) is 6.82.